The van der Waals surface area contributed by atoms with Gasteiger partial charge in [-0.2, -0.15) is 0 Å². The molecule has 1 spiro atoms. The van der Waals surface area contributed by atoms with Crippen molar-refractivity contribution in [1.82, 2.24) is 9.13 Å². The summed E-state index contributed by atoms with van der Waals surface area (Å²) in [6.07, 6.45) is 0. The molecule has 356 valence electrons. The quantitative estimate of drug-likeness (QED) is 0.153. The summed E-state index contributed by atoms with van der Waals surface area (Å²) >= 11 is 3.86. The summed E-state index contributed by atoms with van der Waals surface area (Å²) in [5, 5.41) is 16.1. The Morgan fingerprint density at radius 2 is 0.519 bits per heavy atom. The predicted molar refractivity (Wildman–Crippen MR) is 333 cm³/mol. The monoisotopic (exact) mass is 1030 g/mol. The maximum Gasteiger partial charge on any atom is 0.182 e. The van der Waals surface area contributed by atoms with Gasteiger partial charge in [0, 0.05) is 52.5 Å². The second-order valence-corrected chi connectivity index (χ2v) is 26.7. The van der Waals surface area contributed by atoms with Gasteiger partial charge in [0.15, 0.2) is 8.07 Å². The standard InChI is InChI=1S/C72H42N2S2Si/c1-9-29-59-43(19-1)44-20-2-10-30-60(44)73(59)63-33-17-27-51-57-39-53-47-23-5-13-35-67(47)77(69-37-15-7-25-49(69)55(53)41-65(57)75-71(51)63)68-36-14-6-24-48(68)54-40-58-52-28-18-34-64(72(52)76-66(58)42-56(54)50-26-8-16-38-70(50)77)74-61-31-11-3-21-45(61)46-22-4-12-32-62(46)74/h1-42H. The van der Waals surface area contributed by atoms with Gasteiger partial charge in [0.05, 0.1) is 42.8 Å². The van der Waals surface area contributed by atoms with Gasteiger partial charge in [0.1, 0.15) is 0 Å². The number of hydrogen-bond donors (Lipinski definition) is 0. The van der Waals surface area contributed by atoms with E-state index in [1.54, 1.807) is 0 Å². The zero-order valence-corrected chi connectivity index (χ0v) is 44.1. The van der Waals surface area contributed by atoms with Gasteiger partial charge in [-0.15, -0.1) is 22.7 Å². The van der Waals surface area contributed by atoms with Crippen molar-refractivity contribution in [3.05, 3.63) is 255 Å². The Kier molecular flexibility index (Phi) is 8.49. The number of para-hydroxylation sites is 4. The maximum atomic E-state index is 2.55. The lowest BCUT2D eigenvalue weighted by Gasteiger charge is -2.37. The highest BCUT2D eigenvalue weighted by Gasteiger charge is 2.50. The molecular formula is C72H42N2S2Si. The molecule has 2 aliphatic rings. The fraction of sp³-hybridized carbons (Fsp3) is 0. The molecule has 0 aliphatic carbocycles. The third-order valence-electron chi connectivity index (χ3n) is 17.4. The van der Waals surface area contributed by atoms with Crippen LogP contribution in [0.5, 0.6) is 0 Å². The van der Waals surface area contributed by atoms with Gasteiger partial charge in [0.25, 0.3) is 0 Å². The van der Waals surface area contributed by atoms with Gasteiger partial charge in [-0.25, -0.2) is 0 Å². The van der Waals surface area contributed by atoms with E-state index in [2.05, 4.69) is 264 Å². The molecule has 0 N–H and O–H groups in total. The summed E-state index contributed by atoms with van der Waals surface area (Å²) in [6, 6.07) is 97.5. The topological polar surface area (TPSA) is 9.86 Å². The third kappa shape index (κ3) is 5.47. The first-order valence-electron chi connectivity index (χ1n) is 26.6. The van der Waals surface area contributed by atoms with Crippen molar-refractivity contribution in [3.63, 3.8) is 0 Å². The molecule has 6 heterocycles. The van der Waals surface area contributed by atoms with Gasteiger partial charge in [-0.1, -0.05) is 194 Å². The van der Waals surface area contributed by atoms with E-state index in [0.29, 0.717) is 0 Å². The van der Waals surface area contributed by atoms with E-state index in [0.717, 1.165) is 0 Å². The largest absolute Gasteiger partial charge is 0.308 e. The van der Waals surface area contributed by atoms with Crippen molar-refractivity contribution in [3.8, 4) is 55.9 Å². The van der Waals surface area contributed by atoms with Crippen LogP contribution in [0.4, 0.5) is 0 Å². The highest BCUT2D eigenvalue weighted by molar-refractivity contribution is 7.27. The van der Waals surface area contributed by atoms with Crippen molar-refractivity contribution in [2.45, 2.75) is 0 Å². The number of rotatable bonds is 2. The first-order chi connectivity index (χ1) is 38.2. The summed E-state index contributed by atoms with van der Waals surface area (Å²) in [4.78, 5) is 0. The first-order valence-corrected chi connectivity index (χ1v) is 30.2. The molecule has 2 nitrogen and oxygen atoms in total. The van der Waals surface area contributed by atoms with Crippen LogP contribution in [0.3, 0.4) is 0 Å². The zero-order chi connectivity index (χ0) is 50.1. The van der Waals surface area contributed by atoms with Crippen LogP contribution in [0.2, 0.25) is 0 Å². The highest BCUT2D eigenvalue weighted by atomic mass is 32.1. The minimum Gasteiger partial charge on any atom is -0.308 e. The van der Waals surface area contributed by atoms with Crippen molar-refractivity contribution in [1.29, 1.82) is 0 Å². The third-order valence-corrected chi connectivity index (χ3v) is 24.7. The van der Waals surface area contributed by atoms with E-state index < -0.39 is 8.07 Å². The Bertz CT molecular complexity index is 4820. The van der Waals surface area contributed by atoms with Gasteiger partial charge in [0.2, 0.25) is 0 Å². The van der Waals surface area contributed by atoms with Gasteiger partial charge in [-0.05, 0) is 126 Å². The van der Waals surface area contributed by atoms with E-state index >= 15 is 0 Å². The molecule has 12 aromatic carbocycles. The number of thiophene rings is 2. The second kappa shape index (κ2) is 15.5. The van der Waals surface area contributed by atoms with E-state index in [4.69, 9.17) is 0 Å². The molecule has 0 bridgehead atoms. The summed E-state index contributed by atoms with van der Waals surface area (Å²) in [5.74, 6) is 0. The van der Waals surface area contributed by atoms with Crippen molar-refractivity contribution < 1.29 is 0 Å². The SMILES string of the molecule is c1ccc2c(c1)-c1cc3sc4c(-n5c6ccccc6c6ccccc65)cccc4c3cc1-c1ccccc1[Si]21c2ccccc2-c2cc3sc4c(-n5c6ccccc6c6ccccc65)cccc4c3cc2-c2ccccc21. The minimum absolute atomic E-state index is 1.23. The van der Waals surface area contributed by atoms with Gasteiger partial charge >= 0.3 is 0 Å². The number of nitrogens with zero attached hydrogens (tertiary/aromatic N) is 2. The van der Waals surface area contributed by atoms with E-state index in [-0.39, 0.29) is 0 Å². The lowest BCUT2D eigenvalue weighted by atomic mass is 9.93. The maximum absolute atomic E-state index is 3.16. The molecule has 0 atom stereocenters. The molecule has 0 unspecified atom stereocenters. The van der Waals surface area contributed by atoms with Crippen molar-refractivity contribution in [2.24, 2.45) is 0 Å². The Hall–Kier alpha value is -9.10. The molecule has 0 amide bonds. The Labute approximate surface area is 452 Å². The van der Waals surface area contributed by atoms with Gasteiger partial charge in [-0.3, -0.25) is 0 Å². The van der Waals surface area contributed by atoms with E-state index in [1.807, 2.05) is 22.7 Å². The highest BCUT2D eigenvalue weighted by Crippen LogP contribution is 2.49. The summed E-state index contributed by atoms with van der Waals surface area (Å²) in [7, 11) is -3.16. The Balaban J connectivity index is 0.892. The molecule has 0 saturated heterocycles. The van der Waals surface area contributed by atoms with Crippen LogP contribution in [0, 0.1) is 0 Å². The number of aromatic nitrogens is 2. The number of fused-ring (bicyclic) bond motifs is 26. The predicted octanol–water partition coefficient (Wildman–Crippen LogP) is 17.3. The molecule has 16 aromatic rings. The molecular weight excluding hydrogens is 985 g/mol. The zero-order valence-electron chi connectivity index (χ0n) is 41.5. The van der Waals surface area contributed by atoms with Crippen LogP contribution in [0.1, 0.15) is 0 Å². The number of benzene rings is 12. The first kappa shape index (κ1) is 42.2. The van der Waals surface area contributed by atoms with Crippen molar-refractivity contribution >= 4 is 135 Å². The molecule has 0 fully saturated rings. The molecule has 4 aromatic heterocycles. The summed E-state index contributed by atoms with van der Waals surface area (Å²) in [6.45, 7) is 0. The Morgan fingerprint density at radius 3 is 0.870 bits per heavy atom. The molecule has 0 radical (unpaired) electrons. The summed E-state index contributed by atoms with van der Waals surface area (Å²) < 4.78 is 10.2. The molecule has 2 aliphatic heterocycles. The van der Waals surface area contributed by atoms with Gasteiger partial charge < -0.3 is 9.13 Å². The molecule has 5 heteroatoms. The van der Waals surface area contributed by atoms with Crippen LogP contribution in [0.25, 0.3) is 140 Å². The van der Waals surface area contributed by atoms with Crippen LogP contribution in [-0.2, 0) is 0 Å². The second-order valence-electron chi connectivity index (χ2n) is 21.0. The molecule has 18 rings (SSSR count). The fourth-order valence-corrected chi connectivity index (χ4v) is 22.4. The van der Waals surface area contributed by atoms with Crippen LogP contribution in [-0.4, -0.2) is 17.2 Å². The smallest absolute Gasteiger partial charge is 0.182 e. The lowest BCUT2D eigenvalue weighted by Crippen LogP contribution is -2.75. The van der Waals surface area contributed by atoms with Crippen LogP contribution >= 0.6 is 22.7 Å². The van der Waals surface area contributed by atoms with E-state index in [1.165, 1.54) is 161 Å². The van der Waals surface area contributed by atoms with Crippen LogP contribution < -0.4 is 20.7 Å². The average molecular weight is 1030 g/mol. The number of hydrogen-bond acceptors (Lipinski definition) is 2. The molecule has 0 saturated carbocycles. The summed E-state index contributed by atoms with van der Waals surface area (Å²) in [5.41, 5.74) is 17.9. The average Bonchev–Trinajstić information content (AvgIpc) is 4.40. The lowest BCUT2D eigenvalue weighted by molar-refractivity contribution is 1.20. The van der Waals surface area contributed by atoms with Crippen LogP contribution in [0.15, 0.2) is 255 Å². The fourth-order valence-electron chi connectivity index (χ4n) is 14.3. The van der Waals surface area contributed by atoms with Crippen molar-refractivity contribution in [2.75, 3.05) is 0 Å². The minimum atomic E-state index is -3.16. The van der Waals surface area contributed by atoms with E-state index in [9.17, 15) is 0 Å². The molecule has 77 heavy (non-hydrogen) atoms. The normalized spacial score (nSPS) is 13.3. The Morgan fingerprint density at radius 1 is 0.234 bits per heavy atom.